The second kappa shape index (κ2) is 5.54. The van der Waals surface area contributed by atoms with Crippen LogP contribution in [0.1, 0.15) is 0 Å². The van der Waals surface area contributed by atoms with Crippen LogP contribution < -0.4 is 5.56 Å². The molecular formula is C17H10FN3O2S. The molecule has 0 atom stereocenters. The molecule has 3 aromatic heterocycles. The van der Waals surface area contributed by atoms with Crippen molar-refractivity contribution < 1.29 is 9.50 Å². The Bertz CT molecular complexity index is 1090. The SMILES string of the molecule is O=c1c2sc(-c3ccc(F)cn3)cc2ncn1-c1ccc(O)cc1. The summed E-state index contributed by atoms with van der Waals surface area (Å²) in [6, 6.07) is 11.0. The van der Waals surface area contributed by atoms with E-state index in [2.05, 4.69) is 9.97 Å². The molecule has 0 aliphatic carbocycles. The Morgan fingerprint density at radius 2 is 1.88 bits per heavy atom. The maximum absolute atomic E-state index is 13.0. The first-order chi connectivity index (χ1) is 11.6. The minimum atomic E-state index is -0.410. The normalized spacial score (nSPS) is 11.0. The van der Waals surface area contributed by atoms with Crippen molar-refractivity contribution in [1.29, 1.82) is 0 Å². The van der Waals surface area contributed by atoms with E-state index in [9.17, 15) is 14.3 Å². The van der Waals surface area contributed by atoms with Crippen LogP contribution in [-0.4, -0.2) is 19.6 Å². The van der Waals surface area contributed by atoms with Crippen molar-refractivity contribution in [3.05, 3.63) is 71.2 Å². The number of phenolic OH excluding ortho intramolecular Hbond substituents is 1. The highest BCUT2D eigenvalue weighted by Gasteiger charge is 2.12. The third-order valence-corrected chi connectivity index (χ3v) is 4.68. The number of rotatable bonds is 2. The number of hydrogen-bond donors (Lipinski definition) is 1. The minimum absolute atomic E-state index is 0.127. The second-order valence-electron chi connectivity index (χ2n) is 5.12. The van der Waals surface area contributed by atoms with Crippen molar-refractivity contribution in [2.45, 2.75) is 0 Å². The van der Waals surface area contributed by atoms with Crippen LogP contribution in [0, 0.1) is 5.82 Å². The number of thiophene rings is 1. The number of fused-ring (bicyclic) bond motifs is 1. The fraction of sp³-hybridized carbons (Fsp3) is 0. The fourth-order valence-electron chi connectivity index (χ4n) is 2.36. The van der Waals surface area contributed by atoms with Gasteiger partial charge in [-0.3, -0.25) is 14.3 Å². The van der Waals surface area contributed by atoms with E-state index in [-0.39, 0.29) is 11.3 Å². The lowest BCUT2D eigenvalue weighted by molar-refractivity contribution is 0.475. The molecule has 0 saturated heterocycles. The van der Waals surface area contributed by atoms with Crippen molar-refractivity contribution >= 4 is 21.6 Å². The number of benzene rings is 1. The van der Waals surface area contributed by atoms with Crippen LogP contribution in [0.25, 0.3) is 26.5 Å². The summed E-state index contributed by atoms with van der Waals surface area (Å²) in [5, 5.41) is 9.36. The first-order valence-corrected chi connectivity index (χ1v) is 7.86. The molecule has 0 amide bonds. The highest BCUT2D eigenvalue weighted by atomic mass is 32.1. The Morgan fingerprint density at radius 1 is 1.08 bits per heavy atom. The van der Waals surface area contributed by atoms with Gasteiger partial charge in [-0.25, -0.2) is 9.37 Å². The Morgan fingerprint density at radius 3 is 2.58 bits per heavy atom. The van der Waals surface area contributed by atoms with E-state index in [1.807, 2.05) is 0 Å². The van der Waals surface area contributed by atoms with Crippen LogP contribution in [0.15, 0.2) is 59.8 Å². The molecule has 0 aliphatic rings. The number of pyridine rings is 1. The largest absolute Gasteiger partial charge is 0.508 e. The van der Waals surface area contributed by atoms with Crippen LogP contribution >= 0.6 is 11.3 Å². The van der Waals surface area contributed by atoms with Gasteiger partial charge in [0.1, 0.15) is 22.6 Å². The molecule has 5 nitrogen and oxygen atoms in total. The third kappa shape index (κ3) is 2.44. The van der Waals surface area contributed by atoms with E-state index in [0.29, 0.717) is 21.6 Å². The first-order valence-electron chi connectivity index (χ1n) is 7.04. The molecule has 0 saturated carbocycles. The average Bonchev–Trinajstić information content (AvgIpc) is 3.02. The van der Waals surface area contributed by atoms with E-state index in [0.717, 1.165) is 11.1 Å². The molecule has 0 radical (unpaired) electrons. The van der Waals surface area contributed by atoms with E-state index in [1.165, 1.54) is 40.4 Å². The molecule has 24 heavy (non-hydrogen) atoms. The molecule has 1 aromatic carbocycles. The average molecular weight is 339 g/mol. The Hall–Kier alpha value is -3.06. The zero-order chi connectivity index (χ0) is 16.7. The van der Waals surface area contributed by atoms with Crippen molar-refractivity contribution in [2.75, 3.05) is 0 Å². The standard InChI is InChI=1S/C17H10FN3O2S/c18-10-1-6-13(19-8-10)15-7-14-16(24-15)17(23)21(9-20-14)11-2-4-12(22)5-3-11/h1-9,22H. The number of hydrogen-bond acceptors (Lipinski definition) is 5. The van der Waals surface area contributed by atoms with Crippen molar-refractivity contribution in [2.24, 2.45) is 0 Å². The summed E-state index contributed by atoms with van der Waals surface area (Å²) < 4.78 is 14.9. The molecule has 4 aromatic rings. The maximum atomic E-state index is 13.0. The number of aromatic nitrogens is 3. The molecule has 118 valence electrons. The predicted octanol–water partition coefficient (Wildman–Crippen LogP) is 3.35. The molecule has 0 fully saturated rings. The highest BCUT2D eigenvalue weighted by molar-refractivity contribution is 7.22. The maximum Gasteiger partial charge on any atom is 0.275 e. The van der Waals surface area contributed by atoms with Gasteiger partial charge in [0.05, 0.1) is 28.0 Å². The summed E-state index contributed by atoms with van der Waals surface area (Å²) in [5.41, 5.74) is 1.57. The van der Waals surface area contributed by atoms with Crippen LogP contribution in [-0.2, 0) is 0 Å². The van der Waals surface area contributed by atoms with Gasteiger partial charge >= 0.3 is 0 Å². The second-order valence-corrected chi connectivity index (χ2v) is 6.17. The monoisotopic (exact) mass is 339 g/mol. The number of halogens is 1. The molecule has 4 rings (SSSR count). The van der Waals surface area contributed by atoms with Gasteiger partial charge in [-0.15, -0.1) is 11.3 Å². The summed E-state index contributed by atoms with van der Waals surface area (Å²) in [6.45, 7) is 0. The van der Waals surface area contributed by atoms with Gasteiger partial charge in [-0.05, 0) is 42.5 Å². The Labute approximate surface area is 139 Å². The number of aromatic hydroxyl groups is 1. The summed E-state index contributed by atoms with van der Waals surface area (Å²) in [6.07, 6.45) is 2.59. The molecule has 0 unspecified atom stereocenters. The fourth-order valence-corrected chi connectivity index (χ4v) is 3.37. The topological polar surface area (TPSA) is 68.0 Å². The van der Waals surface area contributed by atoms with Crippen molar-refractivity contribution in [1.82, 2.24) is 14.5 Å². The summed E-state index contributed by atoms with van der Waals surface area (Å²) in [5.74, 6) is -0.283. The van der Waals surface area contributed by atoms with Gasteiger partial charge < -0.3 is 5.11 Å². The summed E-state index contributed by atoms with van der Waals surface area (Å²) in [7, 11) is 0. The molecule has 1 N–H and O–H groups in total. The van der Waals surface area contributed by atoms with Gasteiger partial charge in [-0.2, -0.15) is 0 Å². The highest BCUT2D eigenvalue weighted by Crippen LogP contribution is 2.29. The molecular weight excluding hydrogens is 329 g/mol. The Balaban J connectivity index is 1.86. The van der Waals surface area contributed by atoms with Crippen LogP contribution in [0.3, 0.4) is 0 Å². The van der Waals surface area contributed by atoms with Crippen LogP contribution in [0.4, 0.5) is 4.39 Å². The quantitative estimate of drug-likeness (QED) is 0.608. The van der Waals surface area contributed by atoms with Gasteiger partial charge in [0, 0.05) is 0 Å². The predicted molar refractivity (Wildman–Crippen MR) is 90.1 cm³/mol. The van der Waals surface area contributed by atoms with Gasteiger partial charge in [-0.1, -0.05) is 0 Å². The van der Waals surface area contributed by atoms with E-state index >= 15 is 0 Å². The van der Waals surface area contributed by atoms with Gasteiger partial charge in [0.15, 0.2) is 0 Å². The smallest absolute Gasteiger partial charge is 0.275 e. The molecule has 0 bridgehead atoms. The molecule has 7 heteroatoms. The zero-order valence-corrected chi connectivity index (χ0v) is 13.0. The number of phenols is 1. The van der Waals surface area contributed by atoms with E-state index in [1.54, 1.807) is 24.3 Å². The molecule has 0 spiro atoms. The van der Waals surface area contributed by atoms with Gasteiger partial charge in [0.2, 0.25) is 0 Å². The van der Waals surface area contributed by atoms with E-state index < -0.39 is 5.82 Å². The summed E-state index contributed by atoms with van der Waals surface area (Å²) >= 11 is 1.26. The van der Waals surface area contributed by atoms with Crippen molar-refractivity contribution in [3.8, 4) is 22.0 Å². The summed E-state index contributed by atoms with van der Waals surface area (Å²) in [4.78, 5) is 21.8. The lowest BCUT2D eigenvalue weighted by Crippen LogP contribution is -2.17. The lowest BCUT2D eigenvalue weighted by atomic mass is 10.3. The Kier molecular flexibility index (Phi) is 3.35. The molecule has 0 aliphatic heterocycles. The zero-order valence-electron chi connectivity index (χ0n) is 12.2. The lowest BCUT2D eigenvalue weighted by Gasteiger charge is -2.04. The molecule has 3 heterocycles. The van der Waals surface area contributed by atoms with Crippen molar-refractivity contribution in [3.63, 3.8) is 0 Å². The minimum Gasteiger partial charge on any atom is -0.508 e. The first kappa shape index (κ1) is 14.5. The van der Waals surface area contributed by atoms with Gasteiger partial charge in [0.25, 0.3) is 5.56 Å². The number of nitrogens with zero attached hydrogens (tertiary/aromatic N) is 3. The third-order valence-electron chi connectivity index (χ3n) is 3.55. The van der Waals surface area contributed by atoms with Crippen LogP contribution in [0.2, 0.25) is 0 Å². The van der Waals surface area contributed by atoms with E-state index in [4.69, 9.17) is 0 Å². The van der Waals surface area contributed by atoms with Crippen LogP contribution in [0.5, 0.6) is 5.75 Å².